The average molecular weight is 287 g/mol. The summed E-state index contributed by atoms with van der Waals surface area (Å²) in [6.07, 6.45) is 6.96. The lowest BCUT2D eigenvalue weighted by Crippen LogP contribution is -2.52. The summed E-state index contributed by atoms with van der Waals surface area (Å²) in [4.78, 5) is 2.83. The molecule has 0 bridgehead atoms. The van der Waals surface area contributed by atoms with Gasteiger partial charge in [0.05, 0.1) is 0 Å². The highest BCUT2D eigenvalue weighted by molar-refractivity contribution is 5.20. The molecule has 1 fully saturated rings. The van der Waals surface area contributed by atoms with Gasteiger partial charge in [-0.25, -0.2) is 0 Å². The zero-order valence-electron chi connectivity index (χ0n) is 14.6. The highest BCUT2D eigenvalue weighted by Gasteiger charge is 2.37. The highest BCUT2D eigenvalue weighted by atomic mass is 15.2. The van der Waals surface area contributed by atoms with Gasteiger partial charge in [-0.3, -0.25) is 4.90 Å². The molecule has 1 aliphatic carbocycles. The Balaban J connectivity index is 2.36. The van der Waals surface area contributed by atoms with Crippen LogP contribution in [0.4, 0.5) is 0 Å². The van der Waals surface area contributed by atoms with Crippen LogP contribution in [0, 0.1) is 5.92 Å². The predicted molar refractivity (Wildman–Crippen MR) is 92.5 cm³/mol. The maximum Gasteiger partial charge on any atom is 0.0379 e. The van der Waals surface area contributed by atoms with Gasteiger partial charge < -0.3 is 0 Å². The molecule has 21 heavy (non-hydrogen) atoms. The lowest BCUT2D eigenvalue weighted by molar-refractivity contribution is -0.00345. The van der Waals surface area contributed by atoms with E-state index in [4.69, 9.17) is 0 Å². The van der Waals surface area contributed by atoms with Crippen molar-refractivity contribution >= 4 is 0 Å². The minimum absolute atomic E-state index is 0.215. The van der Waals surface area contributed by atoms with E-state index >= 15 is 0 Å². The number of hydrogen-bond acceptors (Lipinski definition) is 1. The van der Waals surface area contributed by atoms with E-state index in [1.807, 2.05) is 0 Å². The molecule has 1 saturated carbocycles. The van der Waals surface area contributed by atoms with Crippen LogP contribution >= 0.6 is 0 Å². The van der Waals surface area contributed by atoms with Gasteiger partial charge in [-0.2, -0.15) is 0 Å². The van der Waals surface area contributed by atoms with E-state index in [1.165, 1.54) is 37.7 Å². The van der Waals surface area contributed by atoms with Gasteiger partial charge in [-0.15, -0.1) is 0 Å². The van der Waals surface area contributed by atoms with Crippen LogP contribution in [0.25, 0.3) is 0 Å². The molecule has 1 aromatic rings. The van der Waals surface area contributed by atoms with Crippen LogP contribution in [0.1, 0.15) is 78.3 Å². The maximum atomic E-state index is 2.83. The molecule has 0 aromatic heterocycles. The Morgan fingerprint density at radius 3 is 2.00 bits per heavy atom. The second-order valence-electron chi connectivity index (χ2n) is 7.97. The number of hydrogen-bond donors (Lipinski definition) is 0. The fourth-order valence-corrected chi connectivity index (χ4v) is 4.07. The lowest BCUT2D eigenvalue weighted by atomic mass is 9.84. The Bertz CT molecular complexity index is 409. The standard InChI is InChI=1S/C20H33N/c1-16(2)19(17-12-8-6-9-13-17)21(20(3,4)5)18-14-10-7-11-15-18/h6,8-9,12-13,16,18-19H,7,10-11,14-15H2,1-5H3. The quantitative estimate of drug-likeness (QED) is 0.674. The molecule has 0 N–H and O–H groups in total. The summed E-state index contributed by atoms with van der Waals surface area (Å²) >= 11 is 0. The van der Waals surface area contributed by atoms with Crippen LogP contribution in [0.15, 0.2) is 30.3 Å². The van der Waals surface area contributed by atoms with Gasteiger partial charge in [0.25, 0.3) is 0 Å². The summed E-state index contributed by atoms with van der Waals surface area (Å²) < 4.78 is 0. The van der Waals surface area contributed by atoms with Crippen molar-refractivity contribution in [2.24, 2.45) is 5.92 Å². The zero-order chi connectivity index (χ0) is 15.5. The van der Waals surface area contributed by atoms with Crippen LogP contribution in [0.2, 0.25) is 0 Å². The van der Waals surface area contributed by atoms with Crippen molar-refractivity contribution in [1.29, 1.82) is 0 Å². The van der Waals surface area contributed by atoms with Gasteiger partial charge in [-0.05, 0) is 45.1 Å². The monoisotopic (exact) mass is 287 g/mol. The van der Waals surface area contributed by atoms with Gasteiger partial charge >= 0.3 is 0 Å². The third-order valence-electron chi connectivity index (χ3n) is 4.81. The topological polar surface area (TPSA) is 3.24 Å². The first-order valence-electron chi connectivity index (χ1n) is 8.74. The first-order valence-corrected chi connectivity index (χ1v) is 8.74. The third-order valence-corrected chi connectivity index (χ3v) is 4.81. The van der Waals surface area contributed by atoms with Gasteiger partial charge in [0, 0.05) is 17.6 Å². The summed E-state index contributed by atoms with van der Waals surface area (Å²) in [7, 11) is 0. The van der Waals surface area contributed by atoms with Gasteiger partial charge in [0.1, 0.15) is 0 Å². The molecule has 1 unspecified atom stereocenters. The van der Waals surface area contributed by atoms with Crippen LogP contribution in [-0.4, -0.2) is 16.5 Å². The van der Waals surface area contributed by atoms with E-state index in [2.05, 4.69) is 69.9 Å². The minimum atomic E-state index is 0.215. The van der Waals surface area contributed by atoms with Gasteiger partial charge in [-0.1, -0.05) is 63.4 Å². The molecule has 1 heteroatoms. The van der Waals surface area contributed by atoms with E-state index in [-0.39, 0.29) is 5.54 Å². The SMILES string of the molecule is CC(C)C(c1ccccc1)N(C1CCCCC1)C(C)(C)C. The van der Waals surface area contributed by atoms with Crippen molar-refractivity contribution < 1.29 is 0 Å². The summed E-state index contributed by atoms with van der Waals surface area (Å²) in [5.74, 6) is 0.633. The Labute approximate surface area is 131 Å². The first kappa shape index (κ1) is 16.5. The molecule has 0 amide bonds. The minimum Gasteiger partial charge on any atom is -0.288 e. The summed E-state index contributed by atoms with van der Waals surface area (Å²) in [5.41, 5.74) is 1.69. The summed E-state index contributed by atoms with van der Waals surface area (Å²) in [5, 5.41) is 0. The Kier molecular flexibility index (Phi) is 5.48. The predicted octanol–water partition coefficient (Wildman–Crippen LogP) is 5.82. The van der Waals surface area contributed by atoms with Gasteiger partial charge in [0.15, 0.2) is 0 Å². The smallest absolute Gasteiger partial charge is 0.0379 e. The molecule has 2 rings (SSSR count). The molecular weight excluding hydrogens is 254 g/mol. The number of benzene rings is 1. The molecule has 1 nitrogen and oxygen atoms in total. The molecule has 0 radical (unpaired) electrons. The Morgan fingerprint density at radius 2 is 1.52 bits per heavy atom. The van der Waals surface area contributed by atoms with Crippen LogP contribution < -0.4 is 0 Å². The fourth-order valence-electron chi connectivity index (χ4n) is 4.07. The largest absolute Gasteiger partial charge is 0.288 e. The Hall–Kier alpha value is -0.820. The Morgan fingerprint density at radius 1 is 0.952 bits per heavy atom. The van der Waals surface area contributed by atoms with Crippen LogP contribution in [0.5, 0.6) is 0 Å². The fraction of sp³-hybridized carbons (Fsp3) is 0.700. The van der Waals surface area contributed by atoms with Crippen molar-refractivity contribution in [1.82, 2.24) is 4.90 Å². The first-order chi connectivity index (χ1) is 9.91. The average Bonchev–Trinajstić information content (AvgIpc) is 2.44. The normalized spacial score (nSPS) is 19.2. The maximum absolute atomic E-state index is 2.83. The molecule has 118 valence electrons. The van der Waals surface area contributed by atoms with E-state index in [1.54, 1.807) is 0 Å². The molecule has 0 spiro atoms. The molecule has 0 saturated heterocycles. The van der Waals surface area contributed by atoms with Crippen molar-refractivity contribution in [3.8, 4) is 0 Å². The molecule has 1 atom stereocenters. The molecular formula is C20H33N. The summed E-state index contributed by atoms with van der Waals surface area (Å²) in [6, 6.07) is 12.4. The van der Waals surface area contributed by atoms with Crippen molar-refractivity contribution in [3.63, 3.8) is 0 Å². The second kappa shape index (κ2) is 6.96. The zero-order valence-corrected chi connectivity index (χ0v) is 14.6. The van der Waals surface area contributed by atoms with Crippen molar-refractivity contribution in [2.45, 2.75) is 84.3 Å². The summed E-state index contributed by atoms with van der Waals surface area (Å²) in [6.45, 7) is 11.9. The van der Waals surface area contributed by atoms with Crippen LogP contribution in [0.3, 0.4) is 0 Å². The van der Waals surface area contributed by atoms with E-state index in [0.717, 1.165) is 6.04 Å². The van der Waals surface area contributed by atoms with Crippen molar-refractivity contribution in [2.75, 3.05) is 0 Å². The third kappa shape index (κ3) is 4.10. The lowest BCUT2D eigenvalue weighted by Gasteiger charge is -2.49. The van der Waals surface area contributed by atoms with Crippen molar-refractivity contribution in [3.05, 3.63) is 35.9 Å². The van der Waals surface area contributed by atoms with E-state index < -0.39 is 0 Å². The number of rotatable bonds is 4. The van der Waals surface area contributed by atoms with E-state index in [0.29, 0.717) is 12.0 Å². The molecule has 0 aliphatic heterocycles. The van der Waals surface area contributed by atoms with Gasteiger partial charge in [0.2, 0.25) is 0 Å². The van der Waals surface area contributed by atoms with Crippen LogP contribution in [-0.2, 0) is 0 Å². The molecule has 1 aliphatic rings. The van der Waals surface area contributed by atoms with E-state index in [9.17, 15) is 0 Å². The molecule has 1 aromatic carbocycles. The highest BCUT2D eigenvalue weighted by Crippen LogP contribution is 2.39. The molecule has 0 heterocycles. The second-order valence-corrected chi connectivity index (χ2v) is 7.97. The number of nitrogens with zero attached hydrogens (tertiary/aromatic N) is 1.